The van der Waals surface area contributed by atoms with Gasteiger partial charge in [-0.15, -0.1) is 0 Å². The average Bonchev–Trinajstić information content (AvgIpc) is 2.69. The molecule has 1 amide bonds. The Morgan fingerprint density at radius 2 is 1.81 bits per heavy atom. The molecule has 0 aliphatic carbocycles. The Bertz CT molecular complexity index is 746. The fraction of sp³-hybridized carbons (Fsp3) is 0.579. The van der Waals surface area contributed by atoms with Gasteiger partial charge in [-0.1, -0.05) is 11.6 Å². The van der Waals surface area contributed by atoms with Crippen LogP contribution in [0.1, 0.15) is 18.9 Å². The van der Waals surface area contributed by atoms with Gasteiger partial charge in [-0.25, -0.2) is 0 Å². The van der Waals surface area contributed by atoms with Crippen LogP contribution in [0.15, 0.2) is 18.2 Å². The van der Waals surface area contributed by atoms with E-state index < -0.39 is 47.1 Å². The van der Waals surface area contributed by atoms with E-state index in [-0.39, 0.29) is 25.2 Å². The van der Waals surface area contributed by atoms with Gasteiger partial charge in [0.25, 0.3) is 0 Å². The van der Waals surface area contributed by atoms with E-state index in [4.69, 9.17) is 21.1 Å². The number of amides is 1. The molecule has 176 valence electrons. The molecule has 0 saturated heterocycles. The summed E-state index contributed by atoms with van der Waals surface area (Å²) in [6.07, 6.45) is -6.94. The lowest BCUT2D eigenvalue weighted by Gasteiger charge is -2.30. The monoisotopic (exact) mass is 470 g/mol. The number of ether oxygens (including phenoxy) is 3. The third-order valence-corrected chi connectivity index (χ3v) is 4.61. The molecule has 0 heterocycles. The van der Waals surface area contributed by atoms with Crippen LogP contribution in [0.4, 0.5) is 18.9 Å². The summed E-state index contributed by atoms with van der Waals surface area (Å²) in [5, 5.41) is 12.4. The number of hydrogen-bond donors (Lipinski definition) is 2. The molecule has 0 aliphatic heterocycles. The number of rotatable bonds is 11. The number of anilines is 1. The van der Waals surface area contributed by atoms with Crippen molar-refractivity contribution in [2.75, 3.05) is 39.7 Å². The van der Waals surface area contributed by atoms with Crippen LogP contribution in [0.2, 0.25) is 5.02 Å². The van der Waals surface area contributed by atoms with E-state index in [2.05, 4.69) is 10.1 Å². The van der Waals surface area contributed by atoms with E-state index in [0.29, 0.717) is 0 Å². The summed E-state index contributed by atoms with van der Waals surface area (Å²) in [6.45, 7) is 1.20. The zero-order valence-electron chi connectivity index (χ0n) is 17.5. The van der Waals surface area contributed by atoms with Gasteiger partial charge in [0.1, 0.15) is 6.04 Å². The number of carbonyl (C=O) groups excluding carboxylic acids is 2. The summed E-state index contributed by atoms with van der Waals surface area (Å²) < 4.78 is 53.3. The van der Waals surface area contributed by atoms with Crippen molar-refractivity contribution in [1.29, 1.82) is 0 Å². The highest BCUT2D eigenvalue weighted by molar-refractivity contribution is 6.31. The highest BCUT2D eigenvalue weighted by atomic mass is 35.5. The second-order valence-electron chi connectivity index (χ2n) is 6.64. The average molecular weight is 471 g/mol. The Morgan fingerprint density at radius 3 is 2.29 bits per heavy atom. The van der Waals surface area contributed by atoms with Crippen LogP contribution >= 0.6 is 11.6 Å². The molecule has 2 N–H and O–H groups in total. The fourth-order valence-electron chi connectivity index (χ4n) is 2.69. The van der Waals surface area contributed by atoms with Gasteiger partial charge in [-0.3, -0.25) is 9.59 Å². The number of hydrogen-bond acceptors (Lipinski definition) is 7. The molecule has 1 rings (SSSR count). The lowest BCUT2D eigenvalue weighted by atomic mass is 10.1. The maximum Gasteiger partial charge on any atom is 0.417 e. The largest absolute Gasteiger partial charge is 0.469 e. The molecule has 0 saturated carbocycles. The molecular formula is C19H26ClF3N2O6. The molecule has 1 aromatic rings. The Kier molecular flexibility index (Phi) is 10.5. The van der Waals surface area contributed by atoms with Gasteiger partial charge in [0.2, 0.25) is 5.91 Å². The number of esters is 1. The van der Waals surface area contributed by atoms with Crippen LogP contribution in [0.5, 0.6) is 0 Å². The SMILES string of the molecule is COC(=O)CC(O)CN(CC(OC)OC)C(=O)C(C)Nc1ccc(C(F)(F)F)c(Cl)c1. The number of methoxy groups -OCH3 is 3. The Morgan fingerprint density at radius 1 is 1.19 bits per heavy atom. The van der Waals surface area contributed by atoms with Gasteiger partial charge in [-0.2, -0.15) is 13.2 Å². The predicted molar refractivity (Wildman–Crippen MR) is 107 cm³/mol. The minimum Gasteiger partial charge on any atom is -0.469 e. The topological polar surface area (TPSA) is 97.3 Å². The minimum atomic E-state index is -4.60. The van der Waals surface area contributed by atoms with Crippen molar-refractivity contribution >= 4 is 29.2 Å². The highest BCUT2D eigenvalue weighted by Gasteiger charge is 2.33. The lowest BCUT2D eigenvalue weighted by molar-refractivity contribution is -0.151. The first kappa shape index (κ1) is 27.0. The third kappa shape index (κ3) is 8.52. The molecule has 0 bridgehead atoms. The zero-order valence-corrected chi connectivity index (χ0v) is 18.3. The van der Waals surface area contributed by atoms with Crippen molar-refractivity contribution in [3.8, 4) is 0 Å². The molecule has 0 fully saturated rings. The first-order valence-corrected chi connectivity index (χ1v) is 9.53. The summed E-state index contributed by atoms with van der Waals surface area (Å²) >= 11 is 5.71. The minimum absolute atomic E-state index is 0.0656. The van der Waals surface area contributed by atoms with Crippen molar-refractivity contribution in [1.82, 2.24) is 4.90 Å². The molecule has 0 radical (unpaired) electrons. The summed E-state index contributed by atoms with van der Waals surface area (Å²) in [7, 11) is 3.91. The third-order valence-electron chi connectivity index (χ3n) is 4.30. The number of nitrogens with one attached hydrogen (secondary N) is 1. The lowest BCUT2D eigenvalue weighted by Crippen LogP contribution is -2.48. The molecule has 1 aromatic carbocycles. The first-order valence-electron chi connectivity index (χ1n) is 9.15. The van der Waals surface area contributed by atoms with Crippen LogP contribution in [0, 0.1) is 0 Å². The van der Waals surface area contributed by atoms with Crippen LogP contribution in [0.3, 0.4) is 0 Å². The Labute approximate surface area is 183 Å². The number of aliphatic hydroxyl groups excluding tert-OH is 1. The normalized spacial score (nSPS) is 13.6. The number of alkyl halides is 3. The summed E-state index contributed by atoms with van der Waals surface area (Å²) in [4.78, 5) is 25.5. The molecule has 8 nitrogen and oxygen atoms in total. The van der Waals surface area contributed by atoms with Crippen LogP contribution in [-0.2, 0) is 30.0 Å². The summed E-state index contributed by atoms with van der Waals surface area (Å²) in [6, 6.07) is 2.12. The van der Waals surface area contributed by atoms with Gasteiger partial charge >= 0.3 is 12.1 Å². The van der Waals surface area contributed by atoms with E-state index in [1.165, 1.54) is 33.2 Å². The van der Waals surface area contributed by atoms with Gasteiger partial charge in [-0.05, 0) is 25.1 Å². The molecule has 31 heavy (non-hydrogen) atoms. The number of nitrogens with zero attached hydrogens (tertiary/aromatic N) is 1. The molecule has 2 atom stereocenters. The number of carbonyl (C=O) groups is 2. The molecule has 0 spiro atoms. The molecule has 0 aromatic heterocycles. The summed E-state index contributed by atoms with van der Waals surface area (Å²) in [5.41, 5.74) is -0.793. The predicted octanol–water partition coefficient (Wildman–Crippen LogP) is 2.53. The first-order chi connectivity index (χ1) is 14.4. The van der Waals surface area contributed by atoms with Crippen LogP contribution < -0.4 is 5.32 Å². The van der Waals surface area contributed by atoms with Gasteiger partial charge in [0, 0.05) is 26.5 Å². The van der Waals surface area contributed by atoms with E-state index in [1.54, 1.807) is 0 Å². The Hall–Kier alpha value is -2.08. The van der Waals surface area contributed by atoms with Gasteiger partial charge < -0.3 is 29.5 Å². The fourth-order valence-corrected chi connectivity index (χ4v) is 2.98. The molecule has 0 aliphatic rings. The maximum atomic E-state index is 12.9. The standard InChI is InChI=1S/C19H26ClF3N2O6/c1-11(24-12-5-6-14(15(20)7-12)19(21,22)23)18(28)25(10-17(30-3)31-4)9-13(26)8-16(27)29-2/h5-7,11,13,17,24,26H,8-10H2,1-4H3. The van der Waals surface area contributed by atoms with Crippen molar-refractivity contribution in [3.05, 3.63) is 28.8 Å². The maximum absolute atomic E-state index is 12.9. The Balaban J connectivity index is 2.96. The van der Waals surface area contributed by atoms with Crippen molar-refractivity contribution < 1.29 is 42.1 Å². The van der Waals surface area contributed by atoms with Gasteiger partial charge in [0.05, 0.1) is 36.8 Å². The van der Waals surface area contributed by atoms with E-state index >= 15 is 0 Å². The number of halogens is 4. The van der Waals surface area contributed by atoms with Crippen LogP contribution in [-0.4, -0.2) is 74.7 Å². The van der Waals surface area contributed by atoms with Crippen LogP contribution in [0.25, 0.3) is 0 Å². The van der Waals surface area contributed by atoms with Gasteiger partial charge in [0.15, 0.2) is 6.29 Å². The molecule has 2 unspecified atom stereocenters. The van der Waals surface area contributed by atoms with E-state index in [9.17, 15) is 27.9 Å². The second kappa shape index (κ2) is 12.1. The number of benzene rings is 1. The van der Waals surface area contributed by atoms with E-state index in [0.717, 1.165) is 18.2 Å². The molecule has 12 heteroatoms. The molecular weight excluding hydrogens is 445 g/mol. The van der Waals surface area contributed by atoms with Crippen molar-refractivity contribution in [2.24, 2.45) is 0 Å². The van der Waals surface area contributed by atoms with Crippen molar-refractivity contribution in [3.63, 3.8) is 0 Å². The summed E-state index contributed by atoms with van der Waals surface area (Å²) in [5.74, 6) is -1.17. The quantitative estimate of drug-likeness (QED) is 0.379. The van der Waals surface area contributed by atoms with E-state index in [1.807, 2.05) is 0 Å². The number of aliphatic hydroxyl groups is 1. The highest BCUT2D eigenvalue weighted by Crippen LogP contribution is 2.35. The zero-order chi connectivity index (χ0) is 23.8. The van der Waals surface area contributed by atoms with Crippen molar-refractivity contribution in [2.45, 2.75) is 38.0 Å². The smallest absolute Gasteiger partial charge is 0.417 e. The second-order valence-corrected chi connectivity index (χ2v) is 7.04.